The molecular formula is C7H13NO. The summed E-state index contributed by atoms with van der Waals surface area (Å²) in [5.74, 6) is 0. The minimum atomic E-state index is 0.216. The van der Waals surface area contributed by atoms with Crippen LogP contribution in [0.3, 0.4) is 0 Å². The molecule has 0 fully saturated rings. The van der Waals surface area contributed by atoms with Gasteiger partial charge in [-0.05, 0) is 18.9 Å². The molecule has 0 rings (SSSR count). The van der Waals surface area contributed by atoms with Crippen molar-refractivity contribution in [3.63, 3.8) is 0 Å². The Morgan fingerprint density at radius 3 is 2.89 bits per heavy atom. The average molecular weight is 127 g/mol. The van der Waals surface area contributed by atoms with Crippen molar-refractivity contribution in [3.05, 3.63) is 12.2 Å². The summed E-state index contributed by atoms with van der Waals surface area (Å²) in [6.07, 6.45) is 2.46. The Morgan fingerprint density at radius 2 is 2.44 bits per heavy atom. The summed E-state index contributed by atoms with van der Waals surface area (Å²) in [5.41, 5.74) is 0.952. The summed E-state index contributed by atoms with van der Waals surface area (Å²) in [6.45, 7) is 6.45. The van der Waals surface area contributed by atoms with Gasteiger partial charge in [-0.3, -0.25) is 4.99 Å². The van der Waals surface area contributed by atoms with Crippen LogP contribution in [0.4, 0.5) is 0 Å². The number of hydrogen-bond donors (Lipinski definition) is 1. The van der Waals surface area contributed by atoms with Crippen LogP contribution in [-0.2, 0) is 0 Å². The van der Waals surface area contributed by atoms with Crippen LogP contribution < -0.4 is 0 Å². The van der Waals surface area contributed by atoms with Crippen molar-refractivity contribution in [3.8, 4) is 0 Å². The Morgan fingerprint density at radius 1 is 1.78 bits per heavy atom. The Kier molecular flexibility index (Phi) is 5.12. The van der Waals surface area contributed by atoms with Crippen molar-refractivity contribution in [2.24, 2.45) is 4.99 Å². The van der Waals surface area contributed by atoms with Crippen LogP contribution in [0.25, 0.3) is 0 Å². The van der Waals surface area contributed by atoms with Gasteiger partial charge in [0.25, 0.3) is 0 Å². The lowest BCUT2D eigenvalue weighted by Gasteiger charge is -1.87. The van der Waals surface area contributed by atoms with E-state index in [1.54, 1.807) is 6.21 Å². The lowest BCUT2D eigenvalue weighted by Crippen LogP contribution is -1.87. The SMILES string of the molecule is C=C(C)C=NCCCO. The zero-order valence-electron chi connectivity index (χ0n) is 5.80. The Balaban J connectivity index is 3.15. The highest BCUT2D eigenvalue weighted by Gasteiger charge is 1.78. The zero-order chi connectivity index (χ0) is 7.11. The van der Waals surface area contributed by atoms with Gasteiger partial charge < -0.3 is 5.11 Å². The molecule has 0 heterocycles. The second-order valence-electron chi connectivity index (χ2n) is 1.96. The summed E-state index contributed by atoms with van der Waals surface area (Å²) in [7, 11) is 0. The first-order valence-electron chi connectivity index (χ1n) is 3.03. The number of allylic oxidation sites excluding steroid dienone is 1. The number of aliphatic hydroxyl groups is 1. The van der Waals surface area contributed by atoms with Gasteiger partial charge in [-0.1, -0.05) is 6.58 Å². The second-order valence-corrected chi connectivity index (χ2v) is 1.96. The van der Waals surface area contributed by atoms with Crippen LogP contribution in [0.5, 0.6) is 0 Å². The monoisotopic (exact) mass is 127 g/mol. The molecule has 0 saturated heterocycles. The van der Waals surface area contributed by atoms with Gasteiger partial charge in [0.15, 0.2) is 0 Å². The molecular weight excluding hydrogens is 114 g/mol. The van der Waals surface area contributed by atoms with Crippen LogP contribution in [-0.4, -0.2) is 24.5 Å². The predicted molar refractivity (Wildman–Crippen MR) is 39.9 cm³/mol. The second kappa shape index (κ2) is 5.51. The molecule has 0 bridgehead atoms. The fraction of sp³-hybridized carbons (Fsp3) is 0.571. The summed E-state index contributed by atoms with van der Waals surface area (Å²) < 4.78 is 0. The first kappa shape index (κ1) is 8.37. The Hall–Kier alpha value is -0.630. The van der Waals surface area contributed by atoms with Crippen LogP contribution >= 0.6 is 0 Å². The number of nitrogens with zero attached hydrogens (tertiary/aromatic N) is 1. The van der Waals surface area contributed by atoms with Crippen LogP contribution in [0.1, 0.15) is 13.3 Å². The van der Waals surface area contributed by atoms with Gasteiger partial charge >= 0.3 is 0 Å². The number of rotatable bonds is 4. The third-order valence-corrected chi connectivity index (χ3v) is 0.757. The van der Waals surface area contributed by atoms with Gasteiger partial charge in [-0.2, -0.15) is 0 Å². The number of hydrogen-bond acceptors (Lipinski definition) is 2. The molecule has 0 amide bonds. The van der Waals surface area contributed by atoms with Gasteiger partial charge in [-0.15, -0.1) is 0 Å². The van der Waals surface area contributed by atoms with Crippen molar-refractivity contribution >= 4 is 6.21 Å². The molecule has 1 N–H and O–H groups in total. The Labute approximate surface area is 55.9 Å². The van der Waals surface area contributed by atoms with Gasteiger partial charge in [-0.25, -0.2) is 0 Å². The highest BCUT2D eigenvalue weighted by atomic mass is 16.2. The minimum absolute atomic E-state index is 0.216. The summed E-state index contributed by atoms with van der Waals surface area (Å²) in [4.78, 5) is 3.98. The lowest BCUT2D eigenvalue weighted by molar-refractivity contribution is 0.291. The van der Waals surface area contributed by atoms with Crippen molar-refractivity contribution in [1.29, 1.82) is 0 Å². The maximum Gasteiger partial charge on any atom is 0.0448 e. The third-order valence-electron chi connectivity index (χ3n) is 0.757. The van der Waals surface area contributed by atoms with Crippen LogP contribution in [0.15, 0.2) is 17.1 Å². The Bertz CT molecular complexity index is 107. The first-order chi connectivity index (χ1) is 4.27. The maximum atomic E-state index is 8.34. The molecule has 0 radical (unpaired) electrons. The largest absolute Gasteiger partial charge is 0.396 e. The van der Waals surface area contributed by atoms with Crippen LogP contribution in [0, 0.1) is 0 Å². The van der Waals surface area contributed by atoms with Crippen molar-refractivity contribution < 1.29 is 5.11 Å². The summed E-state index contributed by atoms with van der Waals surface area (Å²) >= 11 is 0. The fourth-order valence-electron chi connectivity index (χ4n) is 0.382. The molecule has 0 aliphatic carbocycles. The highest BCUT2D eigenvalue weighted by Crippen LogP contribution is 1.82. The van der Waals surface area contributed by atoms with E-state index in [9.17, 15) is 0 Å². The zero-order valence-corrected chi connectivity index (χ0v) is 5.80. The summed E-state index contributed by atoms with van der Waals surface area (Å²) in [6, 6.07) is 0. The molecule has 2 heteroatoms. The smallest absolute Gasteiger partial charge is 0.0448 e. The number of aliphatic imine (C=N–C) groups is 1. The van der Waals surface area contributed by atoms with E-state index in [0.29, 0.717) is 6.54 Å². The molecule has 0 unspecified atom stereocenters. The van der Waals surface area contributed by atoms with E-state index >= 15 is 0 Å². The molecule has 9 heavy (non-hydrogen) atoms. The predicted octanol–water partition coefficient (Wildman–Crippen LogP) is 1.02. The normalized spacial score (nSPS) is 10.4. The first-order valence-corrected chi connectivity index (χ1v) is 3.03. The van der Waals surface area contributed by atoms with E-state index in [4.69, 9.17) is 5.11 Å². The molecule has 2 nitrogen and oxygen atoms in total. The van der Waals surface area contributed by atoms with Crippen LogP contribution in [0.2, 0.25) is 0 Å². The van der Waals surface area contributed by atoms with Crippen molar-refractivity contribution in [2.75, 3.05) is 13.2 Å². The van der Waals surface area contributed by atoms with Crippen molar-refractivity contribution in [1.82, 2.24) is 0 Å². The van der Waals surface area contributed by atoms with E-state index in [-0.39, 0.29) is 6.61 Å². The lowest BCUT2D eigenvalue weighted by atomic mass is 10.4. The number of aliphatic hydroxyl groups excluding tert-OH is 1. The van der Waals surface area contributed by atoms with E-state index in [0.717, 1.165) is 12.0 Å². The maximum absolute atomic E-state index is 8.34. The molecule has 0 saturated carbocycles. The van der Waals surface area contributed by atoms with Gasteiger partial charge in [0.2, 0.25) is 0 Å². The molecule has 0 aromatic heterocycles. The van der Waals surface area contributed by atoms with Gasteiger partial charge in [0.05, 0.1) is 0 Å². The fourth-order valence-corrected chi connectivity index (χ4v) is 0.382. The molecule has 0 aliphatic heterocycles. The highest BCUT2D eigenvalue weighted by molar-refractivity contribution is 5.76. The molecule has 0 aromatic carbocycles. The van der Waals surface area contributed by atoms with Gasteiger partial charge in [0, 0.05) is 19.4 Å². The standard InChI is InChI=1S/C7H13NO/c1-7(2)6-8-4-3-5-9/h6,9H,1,3-5H2,2H3. The molecule has 0 aliphatic rings. The van der Waals surface area contributed by atoms with Gasteiger partial charge in [0.1, 0.15) is 0 Å². The van der Waals surface area contributed by atoms with E-state index in [1.807, 2.05) is 6.92 Å². The molecule has 52 valence electrons. The molecule has 0 spiro atoms. The van der Waals surface area contributed by atoms with Crippen molar-refractivity contribution in [2.45, 2.75) is 13.3 Å². The van der Waals surface area contributed by atoms with E-state index in [1.165, 1.54) is 0 Å². The minimum Gasteiger partial charge on any atom is -0.396 e. The molecule has 0 aromatic rings. The molecule has 0 atom stereocenters. The van der Waals surface area contributed by atoms with E-state index < -0.39 is 0 Å². The third kappa shape index (κ3) is 7.37. The topological polar surface area (TPSA) is 32.6 Å². The average Bonchev–Trinajstić information content (AvgIpc) is 1.80. The van der Waals surface area contributed by atoms with E-state index in [2.05, 4.69) is 11.6 Å². The summed E-state index contributed by atoms with van der Waals surface area (Å²) in [5, 5.41) is 8.34. The quantitative estimate of drug-likeness (QED) is 0.443.